The van der Waals surface area contributed by atoms with Gasteiger partial charge in [0.25, 0.3) is 11.8 Å². The van der Waals surface area contributed by atoms with Crippen molar-refractivity contribution in [2.75, 3.05) is 0 Å². The van der Waals surface area contributed by atoms with Gasteiger partial charge in [0.2, 0.25) is 5.91 Å². The van der Waals surface area contributed by atoms with E-state index in [0.29, 0.717) is 17.5 Å². The van der Waals surface area contributed by atoms with Gasteiger partial charge in [-0.2, -0.15) is 0 Å². The van der Waals surface area contributed by atoms with Crippen molar-refractivity contribution < 1.29 is 19.6 Å². The number of rotatable bonds is 8. The molecule has 1 unspecified atom stereocenters. The molecule has 0 aliphatic heterocycles. The van der Waals surface area contributed by atoms with Gasteiger partial charge in [0.1, 0.15) is 6.04 Å². The fourth-order valence-electron chi connectivity index (χ4n) is 3.46. The summed E-state index contributed by atoms with van der Waals surface area (Å²) in [4.78, 5) is 40.0. The van der Waals surface area contributed by atoms with E-state index >= 15 is 0 Å². The summed E-state index contributed by atoms with van der Waals surface area (Å²) < 4.78 is 0. The lowest BCUT2D eigenvalue weighted by Gasteiger charge is -2.18. The number of amides is 3. The Kier molecular flexibility index (Phi) is 6.32. The van der Waals surface area contributed by atoms with Gasteiger partial charge >= 0.3 is 0 Å². The monoisotopic (exact) mass is 432 g/mol. The Balaban J connectivity index is 1.48. The summed E-state index contributed by atoms with van der Waals surface area (Å²) in [7, 11) is 0. The van der Waals surface area contributed by atoms with Gasteiger partial charge in [-0.3, -0.25) is 19.6 Å². The molecule has 1 heterocycles. The summed E-state index contributed by atoms with van der Waals surface area (Å²) in [5.41, 5.74) is 4.54. The van der Waals surface area contributed by atoms with Gasteiger partial charge < -0.3 is 15.6 Å². The van der Waals surface area contributed by atoms with Crippen molar-refractivity contribution in [3.05, 3.63) is 77.5 Å². The second kappa shape index (κ2) is 9.49. The van der Waals surface area contributed by atoms with Gasteiger partial charge in [0.15, 0.2) is 0 Å². The minimum absolute atomic E-state index is 0.187. The molecule has 5 N–H and O–H groups in total. The molecule has 1 atom stereocenters. The molecule has 164 valence electrons. The van der Waals surface area contributed by atoms with Crippen molar-refractivity contribution in [1.29, 1.82) is 0 Å². The van der Waals surface area contributed by atoms with Gasteiger partial charge in [-0.15, -0.1) is 0 Å². The fourth-order valence-corrected chi connectivity index (χ4v) is 3.46. The Hall–Kier alpha value is -3.91. The first kappa shape index (κ1) is 21.3. The van der Waals surface area contributed by atoms with Crippen LogP contribution in [0.3, 0.4) is 0 Å². The standard InChI is InChI=1S/C24H24N4O4/c29-22(28-32)12-7-15-5-8-16(9-6-15)23(30)27-21(24(31)26-18-10-11-18)13-17-14-25-20-4-2-1-3-19(17)20/h1-9,12,14,18,21,25,32H,10-11,13H2,(H,26,31)(H,27,30)(H,28,29)/b12-7+. The maximum Gasteiger partial charge on any atom is 0.267 e. The first-order valence-corrected chi connectivity index (χ1v) is 10.4. The molecule has 0 bridgehead atoms. The molecule has 1 aromatic heterocycles. The molecule has 1 saturated carbocycles. The number of nitrogens with one attached hydrogen (secondary N) is 4. The summed E-state index contributed by atoms with van der Waals surface area (Å²) in [6.45, 7) is 0. The lowest BCUT2D eigenvalue weighted by Crippen LogP contribution is -2.48. The van der Waals surface area contributed by atoms with Crippen molar-refractivity contribution >= 4 is 34.7 Å². The number of benzene rings is 2. The highest BCUT2D eigenvalue weighted by atomic mass is 16.5. The van der Waals surface area contributed by atoms with Crippen molar-refractivity contribution in [3.8, 4) is 0 Å². The van der Waals surface area contributed by atoms with Gasteiger partial charge in [-0.05, 0) is 48.2 Å². The van der Waals surface area contributed by atoms with Crippen molar-refractivity contribution in [1.82, 2.24) is 21.1 Å². The second-order valence-corrected chi connectivity index (χ2v) is 7.80. The summed E-state index contributed by atoms with van der Waals surface area (Å²) in [5.74, 6) is -1.20. The molecule has 32 heavy (non-hydrogen) atoms. The van der Waals surface area contributed by atoms with Crippen LogP contribution in [0.1, 0.15) is 34.3 Å². The van der Waals surface area contributed by atoms with Gasteiger partial charge in [-0.25, -0.2) is 5.48 Å². The van der Waals surface area contributed by atoms with Crippen LogP contribution in [0.15, 0.2) is 60.8 Å². The highest BCUT2D eigenvalue weighted by Crippen LogP contribution is 2.21. The van der Waals surface area contributed by atoms with Crippen LogP contribution >= 0.6 is 0 Å². The number of H-pyrrole nitrogens is 1. The van der Waals surface area contributed by atoms with Crippen LogP contribution in [0, 0.1) is 0 Å². The molecule has 3 amide bonds. The molecule has 1 aliphatic carbocycles. The highest BCUT2D eigenvalue weighted by molar-refractivity contribution is 5.98. The molecule has 1 fully saturated rings. The lowest BCUT2D eigenvalue weighted by molar-refractivity contribution is -0.124. The van der Waals surface area contributed by atoms with Crippen LogP contribution in [-0.4, -0.2) is 40.0 Å². The number of hydroxylamine groups is 1. The normalized spacial score (nSPS) is 14.3. The Morgan fingerprint density at radius 3 is 2.56 bits per heavy atom. The number of hydrogen-bond acceptors (Lipinski definition) is 4. The zero-order valence-electron chi connectivity index (χ0n) is 17.3. The Morgan fingerprint density at radius 1 is 1.09 bits per heavy atom. The van der Waals surface area contributed by atoms with Crippen LogP contribution in [0.25, 0.3) is 17.0 Å². The zero-order chi connectivity index (χ0) is 22.5. The molecule has 0 spiro atoms. The first-order chi connectivity index (χ1) is 15.5. The van der Waals surface area contributed by atoms with Crippen LogP contribution in [0.2, 0.25) is 0 Å². The number of carbonyl (C=O) groups excluding carboxylic acids is 3. The third-order valence-electron chi connectivity index (χ3n) is 5.35. The number of carbonyl (C=O) groups is 3. The van der Waals surface area contributed by atoms with Gasteiger partial charge in [0, 0.05) is 41.2 Å². The number of para-hydroxylation sites is 1. The molecule has 3 aromatic rings. The van der Waals surface area contributed by atoms with Crippen molar-refractivity contribution in [3.63, 3.8) is 0 Å². The number of hydrogen-bond donors (Lipinski definition) is 5. The largest absolute Gasteiger partial charge is 0.361 e. The van der Waals surface area contributed by atoms with E-state index in [0.717, 1.165) is 29.3 Å². The SMILES string of the molecule is O=C(/C=C/c1ccc(C(=O)NC(Cc2c[nH]c3ccccc23)C(=O)NC2CC2)cc1)NO. The summed E-state index contributed by atoms with van der Waals surface area (Å²) in [6, 6.07) is 13.9. The average molecular weight is 432 g/mol. The molecule has 1 aliphatic rings. The van der Waals surface area contributed by atoms with Crippen LogP contribution in [0.5, 0.6) is 0 Å². The highest BCUT2D eigenvalue weighted by Gasteiger charge is 2.29. The van der Waals surface area contributed by atoms with Gasteiger partial charge in [-0.1, -0.05) is 30.3 Å². The first-order valence-electron chi connectivity index (χ1n) is 10.4. The number of fused-ring (bicyclic) bond motifs is 1. The molecule has 0 saturated heterocycles. The van der Waals surface area contributed by atoms with E-state index in [1.54, 1.807) is 24.3 Å². The minimum Gasteiger partial charge on any atom is -0.361 e. The maximum absolute atomic E-state index is 12.9. The Morgan fingerprint density at radius 2 is 1.84 bits per heavy atom. The summed E-state index contributed by atoms with van der Waals surface area (Å²) >= 11 is 0. The van der Waals surface area contributed by atoms with E-state index in [1.165, 1.54) is 17.6 Å². The van der Waals surface area contributed by atoms with Crippen LogP contribution < -0.4 is 16.1 Å². The third kappa shape index (κ3) is 5.22. The van der Waals surface area contributed by atoms with Crippen molar-refractivity contribution in [2.45, 2.75) is 31.3 Å². The number of aromatic amines is 1. The second-order valence-electron chi connectivity index (χ2n) is 7.80. The third-order valence-corrected chi connectivity index (χ3v) is 5.35. The number of aromatic nitrogens is 1. The topological polar surface area (TPSA) is 123 Å². The molecular formula is C24H24N4O4. The molecular weight excluding hydrogens is 408 g/mol. The van der Waals surface area contributed by atoms with Crippen molar-refractivity contribution in [2.24, 2.45) is 0 Å². The Labute approximate surface area is 184 Å². The summed E-state index contributed by atoms with van der Waals surface area (Å²) in [6.07, 6.45) is 6.85. The zero-order valence-corrected chi connectivity index (χ0v) is 17.3. The van der Waals surface area contributed by atoms with E-state index in [1.807, 2.05) is 30.5 Å². The van der Waals surface area contributed by atoms with Gasteiger partial charge in [0.05, 0.1) is 0 Å². The average Bonchev–Trinajstić information content (AvgIpc) is 3.54. The van der Waals surface area contributed by atoms with E-state index in [2.05, 4.69) is 15.6 Å². The van der Waals surface area contributed by atoms with E-state index in [9.17, 15) is 14.4 Å². The maximum atomic E-state index is 12.9. The molecule has 2 aromatic carbocycles. The molecule has 4 rings (SSSR count). The minimum atomic E-state index is -0.713. The molecule has 8 heteroatoms. The predicted octanol–water partition coefficient (Wildman–Crippen LogP) is 2.31. The summed E-state index contributed by atoms with van der Waals surface area (Å²) in [5, 5.41) is 15.4. The fraction of sp³-hybridized carbons (Fsp3) is 0.208. The molecule has 8 nitrogen and oxygen atoms in total. The van der Waals surface area contributed by atoms with E-state index < -0.39 is 11.9 Å². The lowest BCUT2D eigenvalue weighted by atomic mass is 10.0. The van der Waals surface area contributed by atoms with Crippen LogP contribution in [0.4, 0.5) is 0 Å². The van der Waals surface area contributed by atoms with E-state index in [4.69, 9.17) is 5.21 Å². The van der Waals surface area contributed by atoms with E-state index in [-0.39, 0.29) is 17.9 Å². The quantitative estimate of drug-likeness (QED) is 0.213. The van der Waals surface area contributed by atoms with Crippen LogP contribution in [-0.2, 0) is 16.0 Å². The smallest absolute Gasteiger partial charge is 0.267 e. The predicted molar refractivity (Wildman–Crippen MR) is 120 cm³/mol. The Bertz CT molecular complexity index is 1160. The molecule has 0 radical (unpaired) electrons.